The van der Waals surface area contributed by atoms with Crippen LogP contribution in [0.1, 0.15) is 85.8 Å². The first kappa shape index (κ1) is 22.9. The zero-order chi connectivity index (χ0) is 24.3. The van der Waals surface area contributed by atoms with Crippen LogP contribution in [-0.2, 0) is 11.2 Å². The maximum absolute atomic E-state index is 13.9. The first-order chi connectivity index (χ1) is 16.1. The zero-order valence-corrected chi connectivity index (χ0v) is 20.1. The second-order valence-electron chi connectivity index (χ2n) is 11.3. The molecule has 1 saturated carbocycles. The number of halogens is 1. The van der Waals surface area contributed by atoms with Crippen LogP contribution in [0, 0.1) is 28.5 Å². The number of rotatable bonds is 5. The van der Waals surface area contributed by atoms with E-state index in [0.29, 0.717) is 23.3 Å². The molecular formula is C29H32FNO3. The van der Waals surface area contributed by atoms with E-state index in [9.17, 15) is 19.1 Å². The minimum atomic E-state index is -1.07. The Kier molecular flexibility index (Phi) is 5.50. The van der Waals surface area contributed by atoms with Crippen LogP contribution in [0.3, 0.4) is 0 Å². The number of Topliss-reactive ketones (excluding diaryl/α,β-unsaturated/α-hetero) is 1. The molecule has 0 amide bonds. The Morgan fingerprint density at radius 3 is 2.74 bits per heavy atom. The first-order valence-electron chi connectivity index (χ1n) is 12.3. The van der Waals surface area contributed by atoms with Gasteiger partial charge in [-0.05, 0) is 104 Å². The Morgan fingerprint density at radius 2 is 2.00 bits per heavy atom. The Bertz CT molecular complexity index is 1200. The summed E-state index contributed by atoms with van der Waals surface area (Å²) in [7, 11) is 0. The molecular weight excluding hydrogens is 429 g/mol. The van der Waals surface area contributed by atoms with E-state index in [-0.39, 0.29) is 23.4 Å². The third-order valence-corrected chi connectivity index (χ3v) is 8.83. The molecule has 0 spiro atoms. The monoisotopic (exact) mass is 461 g/mol. The van der Waals surface area contributed by atoms with E-state index in [2.05, 4.69) is 24.1 Å². The molecule has 3 aliphatic carbocycles. The van der Waals surface area contributed by atoms with Gasteiger partial charge in [-0.3, -0.25) is 14.6 Å². The average Bonchev–Trinajstić information content (AvgIpc) is 3.15. The van der Waals surface area contributed by atoms with Crippen LogP contribution in [-0.4, -0.2) is 21.8 Å². The number of fused-ring (bicyclic) bond motifs is 5. The topological polar surface area (TPSA) is 67.3 Å². The standard InChI is InChI=1S/C29H32FNO3/c1-28(2,27(33)34)14-26(32)18-5-6-21-17(12-18)4-7-23-22(21)10-11-29(3)24(8-9-25(23)29)19-13-20(30)16-31-15-19/h5-6,8,12-13,15-16,22-23,25H,4,7,9-11,14H2,1-3H3,(H,33,34)/t22-,23-,25+,29-/m1/s1. The fourth-order valence-corrected chi connectivity index (χ4v) is 6.91. The lowest BCUT2D eigenvalue weighted by Gasteiger charge is -2.50. The molecule has 178 valence electrons. The molecule has 1 fully saturated rings. The number of aromatic nitrogens is 1. The van der Waals surface area contributed by atoms with Gasteiger partial charge in [0.25, 0.3) is 0 Å². The molecule has 1 heterocycles. The Balaban J connectivity index is 1.38. The van der Waals surface area contributed by atoms with E-state index >= 15 is 0 Å². The van der Waals surface area contributed by atoms with Gasteiger partial charge in [0.05, 0.1) is 11.6 Å². The number of benzene rings is 1. The van der Waals surface area contributed by atoms with Crippen LogP contribution in [0.15, 0.2) is 42.7 Å². The van der Waals surface area contributed by atoms with E-state index < -0.39 is 11.4 Å². The highest BCUT2D eigenvalue weighted by molar-refractivity contribution is 5.99. The number of carboxylic acid groups (broad SMARTS) is 1. The predicted octanol–water partition coefficient (Wildman–Crippen LogP) is 6.45. The summed E-state index contributed by atoms with van der Waals surface area (Å²) >= 11 is 0. The number of carbonyl (C=O) groups excluding carboxylic acids is 1. The molecule has 0 unspecified atom stereocenters. The van der Waals surface area contributed by atoms with Gasteiger partial charge in [-0.25, -0.2) is 4.39 Å². The minimum Gasteiger partial charge on any atom is -0.481 e. The zero-order valence-electron chi connectivity index (χ0n) is 20.1. The minimum absolute atomic E-state index is 0.00299. The number of carboxylic acids is 1. The van der Waals surface area contributed by atoms with Crippen molar-refractivity contribution < 1.29 is 19.1 Å². The van der Waals surface area contributed by atoms with E-state index in [1.165, 1.54) is 22.9 Å². The van der Waals surface area contributed by atoms with Crippen LogP contribution in [0.5, 0.6) is 0 Å². The molecule has 5 rings (SSSR count). The second-order valence-corrected chi connectivity index (χ2v) is 11.3. The van der Waals surface area contributed by atoms with Crippen LogP contribution in [0.4, 0.5) is 4.39 Å². The molecule has 0 bridgehead atoms. The molecule has 0 radical (unpaired) electrons. The molecule has 1 aromatic heterocycles. The van der Waals surface area contributed by atoms with Crippen molar-refractivity contribution in [3.8, 4) is 0 Å². The number of aryl methyl sites for hydroxylation is 1. The maximum atomic E-state index is 13.9. The number of ketones is 1. The van der Waals surface area contributed by atoms with Crippen molar-refractivity contribution in [3.63, 3.8) is 0 Å². The molecule has 0 aliphatic heterocycles. The van der Waals surface area contributed by atoms with Crippen molar-refractivity contribution in [2.24, 2.45) is 22.7 Å². The maximum Gasteiger partial charge on any atom is 0.309 e. The fourth-order valence-electron chi connectivity index (χ4n) is 6.91. The van der Waals surface area contributed by atoms with Gasteiger partial charge in [-0.2, -0.15) is 0 Å². The number of nitrogens with zero attached hydrogens (tertiary/aromatic N) is 1. The Hall–Kier alpha value is -2.82. The van der Waals surface area contributed by atoms with Gasteiger partial charge in [0.2, 0.25) is 0 Å². The number of pyridine rings is 1. The SMILES string of the molecule is CC(C)(CC(=O)c1ccc2c(c1)CC[C@@H]1[C@@H]2CC[C@]2(C)C(c3cncc(F)c3)=CC[C@@H]12)C(=O)O. The molecule has 1 aromatic carbocycles. The van der Waals surface area contributed by atoms with Crippen LogP contribution >= 0.6 is 0 Å². The largest absolute Gasteiger partial charge is 0.481 e. The van der Waals surface area contributed by atoms with Gasteiger partial charge in [-0.15, -0.1) is 0 Å². The average molecular weight is 462 g/mol. The predicted molar refractivity (Wildman–Crippen MR) is 129 cm³/mol. The van der Waals surface area contributed by atoms with Gasteiger partial charge in [0, 0.05) is 18.2 Å². The summed E-state index contributed by atoms with van der Waals surface area (Å²) in [4.78, 5) is 28.4. The first-order valence-corrected chi connectivity index (χ1v) is 12.3. The third kappa shape index (κ3) is 3.70. The van der Waals surface area contributed by atoms with E-state index in [1.807, 2.05) is 12.1 Å². The van der Waals surface area contributed by atoms with Crippen molar-refractivity contribution >= 4 is 17.3 Å². The summed E-state index contributed by atoms with van der Waals surface area (Å²) in [6, 6.07) is 7.64. The second kappa shape index (κ2) is 8.14. The molecule has 0 saturated heterocycles. The normalized spacial score (nSPS) is 27.9. The summed E-state index contributed by atoms with van der Waals surface area (Å²) in [6.45, 7) is 5.54. The summed E-state index contributed by atoms with van der Waals surface area (Å²) < 4.78 is 13.9. The van der Waals surface area contributed by atoms with Gasteiger partial charge in [-0.1, -0.05) is 25.1 Å². The van der Waals surface area contributed by atoms with Gasteiger partial charge < -0.3 is 5.11 Å². The van der Waals surface area contributed by atoms with Crippen LogP contribution in [0.25, 0.3) is 5.57 Å². The van der Waals surface area contributed by atoms with Gasteiger partial charge >= 0.3 is 5.97 Å². The van der Waals surface area contributed by atoms with Crippen molar-refractivity contribution in [3.05, 3.63) is 70.8 Å². The van der Waals surface area contributed by atoms with Crippen LogP contribution in [0.2, 0.25) is 0 Å². The Labute approximate surface area is 200 Å². The van der Waals surface area contributed by atoms with Crippen molar-refractivity contribution in [1.29, 1.82) is 0 Å². The number of carbonyl (C=O) groups is 2. The molecule has 4 atom stereocenters. The molecule has 34 heavy (non-hydrogen) atoms. The molecule has 4 nitrogen and oxygen atoms in total. The summed E-state index contributed by atoms with van der Waals surface area (Å²) in [5, 5.41) is 9.38. The highest BCUT2D eigenvalue weighted by atomic mass is 19.1. The van der Waals surface area contributed by atoms with E-state index in [1.54, 1.807) is 26.1 Å². The highest BCUT2D eigenvalue weighted by Crippen LogP contribution is 2.63. The lowest BCUT2D eigenvalue weighted by Crippen LogP contribution is -2.41. The molecule has 2 aromatic rings. The lowest BCUT2D eigenvalue weighted by molar-refractivity contribution is -0.146. The Morgan fingerprint density at radius 1 is 1.21 bits per heavy atom. The summed E-state index contributed by atoms with van der Waals surface area (Å²) in [6.07, 6.45) is 10.5. The number of hydrogen-bond donors (Lipinski definition) is 1. The third-order valence-electron chi connectivity index (χ3n) is 8.83. The number of hydrogen-bond acceptors (Lipinski definition) is 3. The number of aliphatic carboxylic acids is 1. The number of allylic oxidation sites excluding steroid dienone is 2. The van der Waals surface area contributed by atoms with Crippen molar-refractivity contribution in [2.45, 2.75) is 65.2 Å². The lowest BCUT2D eigenvalue weighted by atomic mass is 9.54. The summed E-state index contributed by atoms with van der Waals surface area (Å²) in [5.74, 6) is 0.208. The van der Waals surface area contributed by atoms with E-state index in [0.717, 1.165) is 37.7 Å². The van der Waals surface area contributed by atoms with Crippen molar-refractivity contribution in [2.75, 3.05) is 0 Å². The van der Waals surface area contributed by atoms with Crippen LogP contribution < -0.4 is 0 Å². The van der Waals surface area contributed by atoms with E-state index in [4.69, 9.17) is 0 Å². The fraction of sp³-hybridized carbons (Fsp3) is 0.483. The highest BCUT2D eigenvalue weighted by Gasteiger charge is 2.52. The molecule has 3 aliphatic rings. The molecule has 5 heteroatoms. The smallest absolute Gasteiger partial charge is 0.309 e. The van der Waals surface area contributed by atoms with Gasteiger partial charge in [0.1, 0.15) is 5.82 Å². The van der Waals surface area contributed by atoms with Gasteiger partial charge in [0.15, 0.2) is 5.78 Å². The molecule has 1 N–H and O–H groups in total. The summed E-state index contributed by atoms with van der Waals surface area (Å²) in [5.41, 5.74) is 4.33. The quantitative estimate of drug-likeness (QED) is 0.519. The van der Waals surface area contributed by atoms with Crippen molar-refractivity contribution in [1.82, 2.24) is 4.98 Å².